The lowest BCUT2D eigenvalue weighted by Crippen LogP contribution is -2.25. The maximum absolute atomic E-state index is 9.33. The number of nitriles is 1. The fraction of sp³-hybridized carbons (Fsp3) is 0.519. The number of benzene rings is 2. The molecule has 2 aromatic rings. The highest BCUT2D eigenvalue weighted by Crippen LogP contribution is 2.54. The van der Waals surface area contributed by atoms with Gasteiger partial charge in [0.25, 0.3) is 0 Å². The third-order valence-corrected chi connectivity index (χ3v) is 6.59. The van der Waals surface area contributed by atoms with Gasteiger partial charge in [0.05, 0.1) is 11.5 Å². The van der Waals surface area contributed by atoms with Gasteiger partial charge in [-0.25, -0.2) is 0 Å². The van der Waals surface area contributed by atoms with E-state index in [-0.39, 0.29) is 10.8 Å². The van der Waals surface area contributed by atoms with Gasteiger partial charge in [-0.1, -0.05) is 94.0 Å². The summed E-state index contributed by atoms with van der Waals surface area (Å²) in [6.07, 6.45) is 10.9. The Hall–Kier alpha value is -2.07. The molecule has 1 nitrogen and oxygen atoms in total. The van der Waals surface area contributed by atoms with Gasteiger partial charge in [0.1, 0.15) is 0 Å². The molecule has 0 radical (unpaired) electrons. The van der Waals surface area contributed by atoms with Crippen LogP contribution in [0.4, 0.5) is 0 Å². The van der Waals surface area contributed by atoms with E-state index in [4.69, 9.17) is 0 Å². The summed E-state index contributed by atoms with van der Waals surface area (Å²) in [7, 11) is 0. The molecule has 148 valence electrons. The number of fused-ring (bicyclic) bond motifs is 3. The quantitative estimate of drug-likeness (QED) is 0.387. The highest BCUT2D eigenvalue weighted by atomic mass is 14.4. The van der Waals surface area contributed by atoms with Crippen LogP contribution in [0.15, 0.2) is 48.5 Å². The van der Waals surface area contributed by atoms with Crippen LogP contribution < -0.4 is 0 Å². The predicted molar refractivity (Wildman–Crippen MR) is 119 cm³/mol. The number of hydrogen-bond acceptors (Lipinski definition) is 1. The molecule has 1 aliphatic carbocycles. The van der Waals surface area contributed by atoms with Gasteiger partial charge in [-0.3, -0.25) is 0 Å². The van der Waals surface area contributed by atoms with E-state index in [2.05, 4.69) is 75.4 Å². The molecule has 0 aromatic heterocycles. The Bertz CT molecular complexity index is 779. The van der Waals surface area contributed by atoms with E-state index < -0.39 is 0 Å². The minimum atomic E-state index is -0.209. The molecule has 0 aliphatic heterocycles. The SMILES string of the molecule is CCCCCCC1(CCCCC(C)(C)C#N)c2ccccc2-c2ccccc21. The Morgan fingerprint density at radius 3 is 1.86 bits per heavy atom. The Morgan fingerprint density at radius 1 is 0.786 bits per heavy atom. The first-order valence-electron chi connectivity index (χ1n) is 11.1. The first kappa shape index (κ1) is 20.7. The molecule has 0 atom stereocenters. The minimum Gasteiger partial charge on any atom is -0.198 e. The molecule has 0 unspecified atom stereocenters. The van der Waals surface area contributed by atoms with Crippen LogP contribution in [0.2, 0.25) is 0 Å². The van der Waals surface area contributed by atoms with Crippen LogP contribution >= 0.6 is 0 Å². The molecule has 2 aromatic carbocycles. The van der Waals surface area contributed by atoms with Gasteiger partial charge in [-0.15, -0.1) is 0 Å². The first-order chi connectivity index (χ1) is 13.5. The highest BCUT2D eigenvalue weighted by Gasteiger charge is 2.41. The lowest BCUT2D eigenvalue weighted by molar-refractivity contribution is 0.372. The maximum Gasteiger partial charge on any atom is 0.0683 e. The highest BCUT2D eigenvalue weighted by molar-refractivity contribution is 5.80. The average molecular weight is 374 g/mol. The van der Waals surface area contributed by atoms with Crippen molar-refractivity contribution < 1.29 is 0 Å². The lowest BCUT2D eigenvalue weighted by Gasteiger charge is -2.33. The van der Waals surface area contributed by atoms with Crippen molar-refractivity contribution >= 4 is 0 Å². The molecule has 0 saturated carbocycles. The number of rotatable bonds is 10. The Kier molecular flexibility index (Phi) is 6.61. The zero-order valence-electron chi connectivity index (χ0n) is 17.9. The van der Waals surface area contributed by atoms with Crippen molar-refractivity contribution in [1.82, 2.24) is 0 Å². The first-order valence-corrected chi connectivity index (χ1v) is 11.1. The van der Waals surface area contributed by atoms with Crippen LogP contribution in [-0.4, -0.2) is 0 Å². The summed E-state index contributed by atoms with van der Waals surface area (Å²) in [4.78, 5) is 0. The lowest BCUT2D eigenvalue weighted by atomic mass is 9.70. The molecule has 0 N–H and O–H groups in total. The van der Waals surface area contributed by atoms with Crippen LogP contribution in [0.5, 0.6) is 0 Å². The molecule has 0 amide bonds. The van der Waals surface area contributed by atoms with Crippen LogP contribution in [-0.2, 0) is 5.41 Å². The second-order valence-electron chi connectivity index (χ2n) is 9.19. The molecule has 1 aliphatic rings. The van der Waals surface area contributed by atoms with Gasteiger partial charge in [-0.2, -0.15) is 5.26 Å². The van der Waals surface area contributed by atoms with E-state index in [9.17, 15) is 5.26 Å². The van der Waals surface area contributed by atoms with Crippen LogP contribution in [0.1, 0.15) is 89.7 Å². The van der Waals surface area contributed by atoms with Gasteiger partial charge in [0.15, 0.2) is 0 Å². The molecular weight excluding hydrogens is 338 g/mol. The second kappa shape index (κ2) is 8.95. The van der Waals surface area contributed by atoms with Crippen molar-refractivity contribution in [3.8, 4) is 17.2 Å². The molecule has 28 heavy (non-hydrogen) atoms. The van der Waals surface area contributed by atoms with E-state index >= 15 is 0 Å². The van der Waals surface area contributed by atoms with Crippen molar-refractivity contribution in [3.05, 3.63) is 59.7 Å². The standard InChI is InChI=1S/C27H35N/c1-4-5-6-11-19-27(20-13-12-18-26(2,3)21-28)24-16-9-7-14-22(24)23-15-8-10-17-25(23)27/h7-10,14-17H,4-6,11-13,18-20H2,1-3H3. The molecule has 0 heterocycles. The second-order valence-corrected chi connectivity index (χ2v) is 9.19. The maximum atomic E-state index is 9.33. The molecular formula is C27H35N. The number of nitrogens with zero attached hydrogens (tertiary/aromatic N) is 1. The summed E-state index contributed by atoms with van der Waals surface area (Å²) in [6.45, 7) is 6.41. The molecule has 0 spiro atoms. The molecule has 3 rings (SSSR count). The van der Waals surface area contributed by atoms with Crippen LogP contribution in [0.3, 0.4) is 0 Å². The normalized spacial score (nSPS) is 14.4. The Labute approximate surface area is 171 Å². The predicted octanol–water partition coefficient (Wildman–Crippen LogP) is 8.03. The molecule has 0 bridgehead atoms. The van der Waals surface area contributed by atoms with Crippen molar-refractivity contribution in [2.24, 2.45) is 5.41 Å². The van der Waals surface area contributed by atoms with Crippen molar-refractivity contribution in [1.29, 1.82) is 5.26 Å². The number of hydrogen-bond donors (Lipinski definition) is 0. The van der Waals surface area contributed by atoms with Crippen molar-refractivity contribution in [3.63, 3.8) is 0 Å². The summed E-state index contributed by atoms with van der Waals surface area (Å²) in [5.41, 5.74) is 5.88. The number of unbranched alkanes of at least 4 members (excludes halogenated alkanes) is 4. The zero-order chi connectivity index (χ0) is 20.0. The molecule has 1 heteroatoms. The zero-order valence-corrected chi connectivity index (χ0v) is 17.9. The monoisotopic (exact) mass is 373 g/mol. The summed E-state index contributed by atoms with van der Waals surface area (Å²) in [5.74, 6) is 0. The smallest absolute Gasteiger partial charge is 0.0683 e. The summed E-state index contributed by atoms with van der Waals surface area (Å²) >= 11 is 0. The Balaban J connectivity index is 1.87. The van der Waals surface area contributed by atoms with Crippen LogP contribution in [0, 0.1) is 16.7 Å². The third-order valence-electron chi connectivity index (χ3n) is 6.59. The minimum absolute atomic E-state index is 0.151. The fourth-order valence-electron chi connectivity index (χ4n) is 4.98. The topological polar surface area (TPSA) is 23.8 Å². The van der Waals surface area contributed by atoms with E-state index in [1.165, 1.54) is 67.2 Å². The fourth-order valence-corrected chi connectivity index (χ4v) is 4.98. The van der Waals surface area contributed by atoms with E-state index in [1.807, 2.05) is 0 Å². The van der Waals surface area contributed by atoms with E-state index in [0.29, 0.717) is 0 Å². The van der Waals surface area contributed by atoms with Gasteiger partial charge in [-0.05, 0) is 55.4 Å². The summed E-state index contributed by atoms with van der Waals surface area (Å²) in [6, 6.07) is 20.6. The van der Waals surface area contributed by atoms with E-state index in [1.54, 1.807) is 0 Å². The summed E-state index contributed by atoms with van der Waals surface area (Å²) < 4.78 is 0. The van der Waals surface area contributed by atoms with Gasteiger partial charge in [0.2, 0.25) is 0 Å². The summed E-state index contributed by atoms with van der Waals surface area (Å²) in [5, 5.41) is 9.33. The third kappa shape index (κ3) is 4.17. The van der Waals surface area contributed by atoms with Crippen molar-refractivity contribution in [2.45, 2.75) is 84.0 Å². The Morgan fingerprint density at radius 2 is 1.32 bits per heavy atom. The average Bonchev–Trinajstić information content (AvgIpc) is 3.00. The van der Waals surface area contributed by atoms with Gasteiger partial charge >= 0.3 is 0 Å². The van der Waals surface area contributed by atoms with Gasteiger partial charge < -0.3 is 0 Å². The van der Waals surface area contributed by atoms with Crippen LogP contribution in [0.25, 0.3) is 11.1 Å². The molecule has 0 saturated heterocycles. The van der Waals surface area contributed by atoms with E-state index in [0.717, 1.165) is 12.8 Å². The molecule has 0 fully saturated rings. The van der Waals surface area contributed by atoms with Gasteiger partial charge in [0, 0.05) is 5.41 Å². The largest absolute Gasteiger partial charge is 0.198 e. The van der Waals surface area contributed by atoms with Crippen molar-refractivity contribution in [2.75, 3.05) is 0 Å².